The number of nitrogens with zero attached hydrogens (tertiary/aromatic N) is 1. The van der Waals surface area contributed by atoms with Crippen LogP contribution in [0.15, 0.2) is 57.2 Å². The standard InChI is InChI=1S/C22H13ClN2O4S/c23-13-3-1-2-12-19(26)17-18(22-24-6-7-30-22)25-14(21(17)29-20(12)13)8-11-4-5-15-16(9-11)28-10-27-15/h1-7,9,25H,8,10H2. The highest BCUT2D eigenvalue weighted by Crippen LogP contribution is 2.36. The lowest BCUT2D eigenvalue weighted by atomic mass is 10.1. The average molecular weight is 437 g/mol. The highest BCUT2D eigenvalue weighted by Gasteiger charge is 2.22. The molecule has 6 nitrogen and oxygen atoms in total. The molecule has 6 rings (SSSR count). The summed E-state index contributed by atoms with van der Waals surface area (Å²) in [5.74, 6) is 1.43. The van der Waals surface area contributed by atoms with E-state index in [0.29, 0.717) is 44.8 Å². The molecular formula is C22H13ClN2O4S. The van der Waals surface area contributed by atoms with Gasteiger partial charge >= 0.3 is 0 Å². The molecule has 1 N–H and O–H groups in total. The van der Waals surface area contributed by atoms with E-state index in [1.165, 1.54) is 11.3 Å². The van der Waals surface area contributed by atoms with Gasteiger partial charge in [-0.3, -0.25) is 4.79 Å². The number of hydrogen-bond acceptors (Lipinski definition) is 6. The first-order chi connectivity index (χ1) is 14.7. The van der Waals surface area contributed by atoms with Crippen LogP contribution in [0.4, 0.5) is 0 Å². The Morgan fingerprint density at radius 3 is 2.90 bits per heavy atom. The quantitative estimate of drug-likeness (QED) is 0.411. The third kappa shape index (κ3) is 2.63. The van der Waals surface area contributed by atoms with Gasteiger partial charge in [0.25, 0.3) is 0 Å². The second kappa shape index (κ2) is 6.62. The van der Waals surface area contributed by atoms with Gasteiger partial charge in [-0.25, -0.2) is 4.98 Å². The molecule has 0 radical (unpaired) electrons. The molecule has 5 aromatic rings. The van der Waals surface area contributed by atoms with Crippen LogP contribution in [0.25, 0.3) is 32.6 Å². The smallest absolute Gasteiger partial charge is 0.231 e. The Kier molecular flexibility index (Phi) is 3.87. The Morgan fingerprint density at radius 1 is 1.13 bits per heavy atom. The number of aromatic amines is 1. The molecule has 0 atom stereocenters. The number of para-hydroxylation sites is 1. The van der Waals surface area contributed by atoms with Gasteiger partial charge in [-0.15, -0.1) is 11.3 Å². The number of nitrogens with one attached hydrogen (secondary N) is 1. The van der Waals surface area contributed by atoms with Gasteiger partial charge in [-0.05, 0) is 29.8 Å². The number of benzene rings is 2. The van der Waals surface area contributed by atoms with E-state index in [1.54, 1.807) is 24.4 Å². The number of thiazole rings is 1. The zero-order valence-corrected chi connectivity index (χ0v) is 17.0. The van der Waals surface area contributed by atoms with Gasteiger partial charge in [0.2, 0.25) is 12.2 Å². The fourth-order valence-electron chi connectivity index (χ4n) is 3.78. The molecule has 4 heterocycles. The lowest BCUT2D eigenvalue weighted by Gasteiger charge is -2.04. The van der Waals surface area contributed by atoms with Crippen LogP contribution in [0.1, 0.15) is 11.3 Å². The molecule has 0 unspecified atom stereocenters. The van der Waals surface area contributed by atoms with Crippen LogP contribution in [0.2, 0.25) is 5.02 Å². The molecule has 30 heavy (non-hydrogen) atoms. The van der Waals surface area contributed by atoms with E-state index in [1.807, 2.05) is 23.6 Å². The van der Waals surface area contributed by atoms with E-state index in [-0.39, 0.29) is 12.2 Å². The monoisotopic (exact) mass is 436 g/mol. The second-order valence-electron chi connectivity index (χ2n) is 6.93. The lowest BCUT2D eigenvalue weighted by molar-refractivity contribution is 0.174. The summed E-state index contributed by atoms with van der Waals surface area (Å²) in [6.07, 6.45) is 2.22. The molecule has 3 aromatic heterocycles. The Morgan fingerprint density at radius 2 is 2.03 bits per heavy atom. The van der Waals surface area contributed by atoms with Crippen molar-refractivity contribution in [1.82, 2.24) is 9.97 Å². The molecule has 0 aliphatic carbocycles. The molecule has 0 amide bonds. The zero-order valence-electron chi connectivity index (χ0n) is 15.4. The predicted molar refractivity (Wildman–Crippen MR) is 116 cm³/mol. The SMILES string of the molecule is O=c1c2cccc(Cl)c2oc2c(Cc3ccc4c(c3)OCO4)[nH]c(-c3nccs3)c12. The topological polar surface area (TPSA) is 77.4 Å². The van der Waals surface area contributed by atoms with Gasteiger partial charge in [0.05, 0.1) is 27.2 Å². The van der Waals surface area contributed by atoms with Crippen LogP contribution >= 0.6 is 22.9 Å². The molecular weight excluding hydrogens is 424 g/mol. The van der Waals surface area contributed by atoms with E-state index in [4.69, 9.17) is 25.5 Å². The first-order valence-corrected chi connectivity index (χ1v) is 10.5. The molecule has 2 aromatic carbocycles. The Balaban J connectivity index is 1.61. The fraction of sp³-hybridized carbons (Fsp3) is 0.0909. The molecule has 0 bridgehead atoms. The van der Waals surface area contributed by atoms with Gasteiger partial charge < -0.3 is 18.9 Å². The third-order valence-corrected chi connectivity index (χ3v) is 6.22. The van der Waals surface area contributed by atoms with E-state index in [9.17, 15) is 4.79 Å². The molecule has 1 aliphatic heterocycles. The van der Waals surface area contributed by atoms with Crippen molar-refractivity contribution in [1.29, 1.82) is 0 Å². The van der Waals surface area contributed by atoms with Crippen LogP contribution in [0.5, 0.6) is 11.5 Å². The molecule has 0 saturated heterocycles. The average Bonchev–Trinajstić information content (AvgIpc) is 3.49. The summed E-state index contributed by atoms with van der Waals surface area (Å²) in [5, 5.41) is 3.93. The Hall–Kier alpha value is -3.29. The minimum atomic E-state index is -0.132. The van der Waals surface area contributed by atoms with Crippen LogP contribution in [-0.4, -0.2) is 16.8 Å². The van der Waals surface area contributed by atoms with Crippen LogP contribution < -0.4 is 14.9 Å². The summed E-state index contributed by atoms with van der Waals surface area (Å²) < 4.78 is 17.1. The van der Waals surface area contributed by atoms with Crippen molar-refractivity contribution >= 4 is 44.9 Å². The first-order valence-electron chi connectivity index (χ1n) is 9.23. The Bertz CT molecular complexity index is 1490. The van der Waals surface area contributed by atoms with Crippen molar-refractivity contribution in [3.05, 3.63) is 74.5 Å². The number of aromatic nitrogens is 2. The molecule has 0 spiro atoms. The van der Waals surface area contributed by atoms with Crippen LogP contribution in [0, 0.1) is 0 Å². The van der Waals surface area contributed by atoms with Gasteiger partial charge in [-0.1, -0.05) is 23.7 Å². The number of ether oxygens (including phenoxy) is 2. The minimum absolute atomic E-state index is 0.132. The summed E-state index contributed by atoms with van der Waals surface area (Å²) in [6, 6.07) is 11.0. The van der Waals surface area contributed by atoms with Crippen molar-refractivity contribution in [2.45, 2.75) is 6.42 Å². The molecule has 148 valence electrons. The number of rotatable bonds is 3. The summed E-state index contributed by atoms with van der Waals surface area (Å²) in [6.45, 7) is 0.220. The highest BCUT2D eigenvalue weighted by molar-refractivity contribution is 7.13. The number of H-pyrrole nitrogens is 1. The zero-order chi connectivity index (χ0) is 20.2. The van der Waals surface area contributed by atoms with Gasteiger partial charge in [0, 0.05) is 18.0 Å². The molecule has 0 saturated carbocycles. The summed E-state index contributed by atoms with van der Waals surface area (Å²) in [5.41, 5.74) is 3.17. The predicted octanol–water partition coefficient (Wildman–Crippen LogP) is 5.37. The van der Waals surface area contributed by atoms with Crippen molar-refractivity contribution < 1.29 is 13.9 Å². The molecule has 0 fully saturated rings. The maximum atomic E-state index is 13.4. The Labute approximate surface area is 178 Å². The highest BCUT2D eigenvalue weighted by atomic mass is 35.5. The number of halogens is 1. The fourth-order valence-corrected chi connectivity index (χ4v) is 4.64. The van der Waals surface area contributed by atoms with Crippen molar-refractivity contribution in [2.75, 3.05) is 6.79 Å². The first kappa shape index (κ1) is 17.6. The van der Waals surface area contributed by atoms with Crippen molar-refractivity contribution in [3.63, 3.8) is 0 Å². The van der Waals surface area contributed by atoms with E-state index >= 15 is 0 Å². The third-order valence-electron chi connectivity index (χ3n) is 5.13. The number of hydrogen-bond donors (Lipinski definition) is 1. The molecule has 8 heteroatoms. The minimum Gasteiger partial charge on any atom is -0.454 e. The molecule has 1 aliphatic rings. The summed E-state index contributed by atoms with van der Waals surface area (Å²) in [7, 11) is 0. The number of fused-ring (bicyclic) bond motifs is 3. The van der Waals surface area contributed by atoms with Gasteiger partial charge in [0.15, 0.2) is 22.7 Å². The van der Waals surface area contributed by atoms with Crippen LogP contribution in [-0.2, 0) is 6.42 Å². The summed E-state index contributed by atoms with van der Waals surface area (Å²) >= 11 is 7.79. The maximum absolute atomic E-state index is 13.4. The lowest BCUT2D eigenvalue weighted by Crippen LogP contribution is -2.02. The van der Waals surface area contributed by atoms with E-state index in [0.717, 1.165) is 22.0 Å². The van der Waals surface area contributed by atoms with Crippen LogP contribution in [0.3, 0.4) is 0 Å². The van der Waals surface area contributed by atoms with Gasteiger partial charge in [-0.2, -0.15) is 0 Å². The largest absolute Gasteiger partial charge is 0.454 e. The van der Waals surface area contributed by atoms with Crippen molar-refractivity contribution in [2.24, 2.45) is 0 Å². The van der Waals surface area contributed by atoms with E-state index in [2.05, 4.69) is 9.97 Å². The normalized spacial score (nSPS) is 12.8. The van der Waals surface area contributed by atoms with Crippen molar-refractivity contribution in [3.8, 4) is 22.2 Å². The van der Waals surface area contributed by atoms with E-state index < -0.39 is 0 Å². The second-order valence-corrected chi connectivity index (χ2v) is 8.23. The summed E-state index contributed by atoms with van der Waals surface area (Å²) in [4.78, 5) is 21.1. The van der Waals surface area contributed by atoms with Gasteiger partial charge in [0.1, 0.15) is 5.01 Å². The maximum Gasteiger partial charge on any atom is 0.231 e.